The molecule has 2 N–H and O–H groups in total. The number of nitrogen functional groups attached to an aromatic ring is 1. The second-order valence-electron chi connectivity index (χ2n) is 5.32. The molecule has 0 aliphatic carbocycles. The lowest BCUT2D eigenvalue weighted by atomic mass is 10.1. The number of pyridine rings is 1. The highest BCUT2D eigenvalue weighted by molar-refractivity contribution is 6.30. The number of hydrogen-bond acceptors (Lipinski definition) is 5. The standard InChI is InChI=1S/C18H13ClN4O/c1-24-14-4-2-3-12-15(20)13-9-21-17(23-18(13)22-16(12)14)10-5-7-11(19)8-6-10/h2-9H,1H3,(H2,20,21,22,23). The first-order chi connectivity index (χ1) is 11.7. The van der Waals surface area contributed by atoms with E-state index in [1.165, 1.54) is 0 Å². The van der Waals surface area contributed by atoms with Crippen molar-refractivity contribution in [3.63, 3.8) is 0 Å². The Hall–Kier alpha value is -2.92. The van der Waals surface area contributed by atoms with Crippen LogP contribution in [0.3, 0.4) is 0 Å². The first-order valence-electron chi connectivity index (χ1n) is 7.32. The van der Waals surface area contributed by atoms with Gasteiger partial charge in [0.2, 0.25) is 0 Å². The SMILES string of the molecule is COc1cccc2c(N)c3cnc(-c4ccc(Cl)cc4)nc3nc12. The fourth-order valence-corrected chi connectivity index (χ4v) is 2.78. The number of anilines is 1. The van der Waals surface area contributed by atoms with Crippen molar-refractivity contribution in [1.29, 1.82) is 0 Å². The third-order valence-corrected chi connectivity index (χ3v) is 4.14. The minimum atomic E-state index is 0.532. The number of aromatic nitrogens is 3. The molecular formula is C18H13ClN4O. The topological polar surface area (TPSA) is 73.9 Å². The number of halogens is 1. The third kappa shape index (κ3) is 2.30. The van der Waals surface area contributed by atoms with E-state index in [4.69, 9.17) is 22.1 Å². The van der Waals surface area contributed by atoms with Crippen molar-refractivity contribution >= 4 is 39.2 Å². The van der Waals surface area contributed by atoms with Crippen LogP contribution in [0.25, 0.3) is 33.3 Å². The average molecular weight is 337 g/mol. The number of hydrogen-bond donors (Lipinski definition) is 1. The van der Waals surface area contributed by atoms with E-state index in [0.717, 1.165) is 10.9 Å². The highest BCUT2D eigenvalue weighted by Gasteiger charge is 2.12. The van der Waals surface area contributed by atoms with E-state index >= 15 is 0 Å². The molecule has 0 unspecified atom stereocenters. The highest BCUT2D eigenvalue weighted by Crippen LogP contribution is 2.32. The van der Waals surface area contributed by atoms with Gasteiger partial charge in [0.05, 0.1) is 18.2 Å². The van der Waals surface area contributed by atoms with Crippen LogP contribution in [0.5, 0.6) is 5.75 Å². The van der Waals surface area contributed by atoms with Crippen LogP contribution in [0, 0.1) is 0 Å². The van der Waals surface area contributed by atoms with Crippen molar-refractivity contribution in [3.8, 4) is 17.1 Å². The van der Waals surface area contributed by atoms with E-state index < -0.39 is 0 Å². The van der Waals surface area contributed by atoms with E-state index in [9.17, 15) is 0 Å². The molecule has 0 spiro atoms. The molecule has 4 aromatic rings. The Kier molecular flexibility index (Phi) is 3.43. The van der Waals surface area contributed by atoms with Crippen LogP contribution in [0.1, 0.15) is 0 Å². The molecule has 5 nitrogen and oxygen atoms in total. The van der Waals surface area contributed by atoms with Crippen LogP contribution in [-0.4, -0.2) is 22.1 Å². The maximum Gasteiger partial charge on any atom is 0.166 e. The van der Waals surface area contributed by atoms with Gasteiger partial charge >= 0.3 is 0 Å². The Labute approximate surface area is 143 Å². The molecule has 0 aliphatic heterocycles. The molecule has 0 fully saturated rings. The number of methoxy groups -OCH3 is 1. The predicted molar refractivity (Wildman–Crippen MR) is 96.2 cm³/mol. The quantitative estimate of drug-likeness (QED) is 0.558. The number of nitrogens with zero attached hydrogens (tertiary/aromatic N) is 3. The van der Waals surface area contributed by atoms with Crippen LogP contribution < -0.4 is 10.5 Å². The monoisotopic (exact) mass is 336 g/mol. The zero-order valence-electron chi connectivity index (χ0n) is 12.8. The lowest BCUT2D eigenvalue weighted by Crippen LogP contribution is -1.98. The zero-order valence-corrected chi connectivity index (χ0v) is 13.6. The Morgan fingerprint density at radius 3 is 2.54 bits per heavy atom. The molecule has 0 radical (unpaired) electrons. The van der Waals surface area contributed by atoms with Crippen LogP contribution in [-0.2, 0) is 0 Å². The van der Waals surface area contributed by atoms with Crippen molar-refractivity contribution in [2.24, 2.45) is 0 Å². The number of benzene rings is 2. The van der Waals surface area contributed by atoms with Crippen molar-refractivity contribution in [3.05, 3.63) is 53.7 Å². The molecule has 0 amide bonds. The molecule has 2 aromatic carbocycles. The summed E-state index contributed by atoms with van der Waals surface area (Å²) in [5.41, 5.74) is 8.97. The Balaban J connectivity index is 1.99. The normalized spacial score (nSPS) is 11.1. The number of ether oxygens (including phenoxy) is 1. The molecule has 118 valence electrons. The summed E-state index contributed by atoms with van der Waals surface area (Å²) in [7, 11) is 1.61. The number of rotatable bonds is 2. The maximum absolute atomic E-state index is 6.29. The summed E-state index contributed by atoms with van der Waals surface area (Å²) < 4.78 is 5.38. The Morgan fingerprint density at radius 2 is 1.79 bits per heavy atom. The van der Waals surface area contributed by atoms with Crippen LogP contribution in [0.4, 0.5) is 5.69 Å². The third-order valence-electron chi connectivity index (χ3n) is 3.89. The summed E-state index contributed by atoms with van der Waals surface area (Å²) >= 11 is 5.93. The van der Waals surface area contributed by atoms with Gasteiger partial charge < -0.3 is 10.5 Å². The van der Waals surface area contributed by atoms with Gasteiger partial charge in [-0.2, -0.15) is 0 Å². The lowest BCUT2D eigenvalue weighted by Gasteiger charge is -2.10. The van der Waals surface area contributed by atoms with Gasteiger partial charge in [-0.25, -0.2) is 15.0 Å². The summed E-state index contributed by atoms with van der Waals surface area (Å²) in [5, 5.41) is 2.20. The van der Waals surface area contributed by atoms with Gasteiger partial charge in [-0.05, 0) is 30.3 Å². The van der Waals surface area contributed by atoms with E-state index in [1.807, 2.05) is 30.3 Å². The van der Waals surface area contributed by atoms with Gasteiger partial charge in [0.25, 0.3) is 0 Å². The zero-order chi connectivity index (χ0) is 16.7. The second-order valence-corrected chi connectivity index (χ2v) is 5.76. The van der Waals surface area contributed by atoms with Crippen molar-refractivity contribution < 1.29 is 4.74 Å². The minimum absolute atomic E-state index is 0.532. The molecule has 2 heterocycles. The summed E-state index contributed by atoms with van der Waals surface area (Å²) in [4.78, 5) is 13.6. The molecule has 6 heteroatoms. The molecule has 4 rings (SSSR count). The second kappa shape index (κ2) is 5.62. The first-order valence-corrected chi connectivity index (χ1v) is 7.70. The van der Waals surface area contributed by atoms with Gasteiger partial charge in [-0.15, -0.1) is 0 Å². The van der Waals surface area contributed by atoms with Crippen molar-refractivity contribution in [1.82, 2.24) is 15.0 Å². The van der Waals surface area contributed by atoms with Gasteiger partial charge in [0.15, 0.2) is 11.5 Å². The number of para-hydroxylation sites is 1. The summed E-state index contributed by atoms with van der Waals surface area (Å²) in [6.45, 7) is 0. The first kappa shape index (κ1) is 14.7. The molecule has 0 bridgehead atoms. The molecule has 0 atom stereocenters. The van der Waals surface area contributed by atoms with Gasteiger partial charge in [0.1, 0.15) is 11.3 Å². The smallest absolute Gasteiger partial charge is 0.166 e. The largest absolute Gasteiger partial charge is 0.494 e. The fraction of sp³-hybridized carbons (Fsp3) is 0.0556. The number of nitrogens with two attached hydrogens (primary N) is 1. The van der Waals surface area contributed by atoms with Crippen molar-refractivity contribution in [2.75, 3.05) is 12.8 Å². The Bertz CT molecular complexity index is 1060. The van der Waals surface area contributed by atoms with Crippen LogP contribution in [0.15, 0.2) is 48.7 Å². The highest BCUT2D eigenvalue weighted by atomic mass is 35.5. The molecule has 0 aliphatic rings. The molecule has 0 saturated carbocycles. The van der Waals surface area contributed by atoms with Gasteiger partial charge in [-0.1, -0.05) is 23.7 Å². The van der Waals surface area contributed by atoms with Crippen molar-refractivity contribution in [2.45, 2.75) is 0 Å². The van der Waals surface area contributed by atoms with Crippen LogP contribution in [0.2, 0.25) is 5.02 Å². The van der Waals surface area contributed by atoms with Gasteiger partial charge in [0, 0.05) is 22.2 Å². The number of fused-ring (bicyclic) bond motifs is 2. The molecule has 2 aromatic heterocycles. The fourth-order valence-electron chi connectivity index (χ4n) is 2.66. The average Bonchev–Trinajstić information content (AvgIpc) is 2.62. The molecular weight excluding hydrogens is 324 g/mol. The maximum atomic E-state index is 6.29. The summed E-state index contributed by atoms with van der Waals surface area (Å²) in [6, 6.07) is 13.0. The van der Waals surface area contributed by atoms with Gasteiger partial charge in [-0.3, -0.25) is 0 Å². The summed E-state index contributed by atoms with van der Waals surface area (Å²) in [5.74, 6) is 1.23. The minimum Gasteiger partial charge on any atom is -0.494 e. The molecule has 24 heavy (non-hydrogen) atoms. The lowest BCUT2D eigenvalue weighted by molar-refractivity contribution is 0.419. The predicted octanol–water partition coefficient (Wildman–Crippen LogP) is 4.09. The van der Waals surface area contributed by atoms with E-state index in [1.54, 1.807) is 25.4 Å². The van der Waals surface area contributed by atoms with E-state index in [0.29, 0.717) is 38.8 Å². The van der Waals surface area contributed by atoms with E-state index in [2.05, 4.69) is 15.0 Å². The summed E-state index contributed by atoms with van der Waals surface area (Å²) in [6.07, 6.45) is 1.70. The van der Waals surface area contributed by atoms with E-state index in [-0.39, 0.29) is 0 Å². The molecule has 0 saturated heterocycles. The Morgan fingerprint density at radius 1 is 1.00 bits per heavy atom. The van der Waals surface area contributed by atoms with Crippen LogP contribution >= 0.6 is 11.6 Å².